The Morgan fingerprint density at radius 3 is 3.17 bits per heavy atom. The fourth-order valence-electron chi connectivity index (χ4n) is 3.03. The second kappa shape index (κ2) is 4.34. The van der Waals surface area contributed by atoms with Gasteiger partial charge < -0.3 is 10.2 Å². The van der Waals surface area contributed by atoms with Crippen LogP contribution in [0.5, 0.6) is 0 Å². The molecule has 2 unspecified atom stereocenters. The molecule has 2 aliphatic heterocycles. The average Bonchev–Trinajstić information content (AvgIpc) is 2.81. The summed E-state index contributed by atoms with van der Waals surface area (Å²) in [7, 11) is 0. The number of rotatable bonds is 1. The van der Waals surface area contributed by atoms with E-state index in [9.17, 15) is 4.79 Å². The van der Waals surface area contributed by atoms with Crippen LogP contribution < -0.4 is 10.2 Å². The summed E-state index contributed by atoms with van der Waals surface area (Å²) < 4.78 is 0. The summed E-state index contributed by atoms with van der Waals surface area (Å²) in [5, 5.41) is 11.9. The van der Waals surface area contributed by atoms with Crippen molar-refractivity contribution in [2.75, 3.05) is 18.0 Å². The largest absolute Gasteiger partial charge is 0.366 e. The minimum absolute atomic E-state index is 0.115. The van der Waals surface area contributed by atoms with Gasteiger partial charge in [-0.1, -0.05) is 6.07 Å². The van der Waals surface area contributed by atoms with Gasteiger partial charge in [-0.3, -0.25) is 4.79 Å². The highest BCUT2D eigenvalue weighted by molar-refractivity contribution is 5.83. The van der Waals surface area contributed by atoms with E-state index in [0.29, 0.717) is 5.56 Å². The van der Waals surface area contributed by atoms with Crippen LogP contribution in [0, 0.1) is 17.2 Å². The Balaban J connectivity index is 1.91. The van der Waals surface area contributed by atoms with Gasteiger partial charge in [-0.2, -0.15) is 5.26 Å². The third-order valence-corrected chi connectivity index (χ3v) is 3.91. The molecule has 2 saturated heterocycles. The lowest BCUT2D eigenvalue weighted by Crippen LogP contribution is -2.45. The smallest absolute Gasteiger partial charge is 0.225 e. The quantitative estimate of drug-likeness (QED) is 0.805. The first kappa shape index (κ1) is 11.1. The van der Waals surface area contributed by atoms with Crippen molar-refractivity contribution in [2.24, 2.45) is 5.92 Å². The monoisotopic (exact) mass is 241 g/mol. The minimum Gasteiger partial charge on any atom is -0.366 e. The molecule has 2 heterocycles. The van der Waals surface area contributed by atoms with E-state index in [0.717, 1.165) is 31.6 Å². The van der Waals surface area contributed by atoms with Crippen LogP contribution in [0.4, 0.5) is 5.69 Å². The predicted octanol–water partition coefficient (Wildman–Crippen LogP) is 1.27. The average molecular weight is 241 g/mol. The van der Waals surface area contributed by atoms with Crippen LogP contribution in [0.25, 0.3) is 0 Å². The highest BCUT2D eigenvalue weighted by Gasteiger charge is 2.40. The first-order chi connectivity index (χ1) is 8.79. The summed E-state index contributed by atoms with van der Waals surface area (Å²) in [5.74, 6) is 0.297. The van der Waals surface area contributed by atoms with Crippen LogP contribution in [0.1, 0.15) is 18.4 Å². The van der Waals surface area contributed by atoms with Crippen molar-refractivity contribution in [1.82, 2.24) is 5.32 Å². The number of hydrogen-bond acceptors (Lipinski definition) is 3. The molecule has 2 fully saturated rings. The number of carbonyl (C=O) groups excluding carboxylic acids is 1. The van der Waals surface area contributed by atoms with Gasteiger partial charge in [-0.25, -0.2) is 0 Å². The Kier molecular flexibility index (Phi) is 2.67. The van der Waals surface area contributed by atoms with Crippen molar-refractivity contribution in [1.29, 1.82) is 5.26 Å². The number of hydrogen-bond donors (Lipinski definition) is 1. The number of nitrogens with one attached hydrogen (secondary N) is 1. The van der Waals surface area contributed by atoms with Gasteiger partial charge in [0.05, 0.1) is 23.6 Å². The van der Waals surface area contributed by atoms with E-state index >= 15 is 0 Å². The third kappa shape index (κ3) is 1.72. The molecule has 1 amide bonds. The normalized spacial score (nSPS) is 26.4. The zero-order valence-corrected chi connectivity index (χ0v) is 10.1. The van der Waals surface area contributed by atoms with E-state index in [4.69, 9.17) is 5.26 Å². The maximum atomic E-state index is 11.7. The summed E-state index contributed by atoms with van der Waals surface area (Å²) >= 11 is 0. The number of carbonyl (C=O) groups is 1. The molecule has 0 bridgehead atoms. The summed E-state index contributed by atoms with van der Waals surface area (Å²) in [5.41, 5.74) is 1.73. The van der Waals surface area contributed by atoms with Crippen molar-refractivity contribution in [3.05, 3.63) is 29.8 Å². The predicted molar refractivity (Wildman–Crippen MR) is 68.0 cm³/mol. The number of nitriles is 1. The molecule has 1 aromatic rings. The number of nitrogens with zero attached hydrogens (tertiary/aromatic N) is 2. The maximum absolute atomic E-state index is 11.7. The lowest BCUT2D eigenvalue weighted by Gasteiger charge is -2.37. The molecule has 2 atom stereocenters. The van der Waals surface area contributed by atoms with Gasteiger partial charge in [0, 0.05) is 18.8 Å². The number of anilines is 1. The Morgan fingerprint density at radius 1 is 1.44 bits per heavy atom. The van der Waals surface area contributed by atoms with Crippen LogP contribution in [0.3, 0.4) is 0 Å². The van der Waals surface area contributed by atoms with Gasteiger partial charge in [0.25, 0.3) is 0 Å². The zero-order chi connectivity index (χ0) is 12.5. The summed E-state index contributed by atoms with van der Waals surface area (Å²) in [6.45, 7) is 1.69. The summed E-state index contributed by atoms with van der Waals surface area (Å²) in [6.07, 6.45) is 2.01. The second-order valence-electron chi connectivity index (χ2n) is 4.92. The topological polar surface area (TPSA) is 56.1 Å². The van der Waals surface area contributed by atoms with Gasteiger partial charge in [-0.05, 0) is 31.0 Å². The third-order valence-electron chi connectivity index (χ3n) is 3.91. The molecule has 0 saturated carbocycles. The van der Waals surface area contributed by atoms with Gasteiger partial charge in [0.1, 0.15) is 0 Å². The highest BCUT2D eigenvalue weighted by atomic mass is 16.2. The second-order valence-corrected chi connectivity index (χ2v) is 4.92. The van der Waals surface area contributed by atoms with Gasteiger partial charge >= 0.3 is 0 Å². The summed E-state index contributed by atoms with van der Waals surface area (Å²) in [6, 6.07) is 10.1. The molecule has 0 radical (unpaired) electrons. The maximum Gasteiger partial charge on any atom is 0.225 e. The van der Waals surface area contributed by atoms with E-state index in [2.05, 4.69) is 16.3 Å². The Labute approximate surface area is 106 Å². The van der Waals surface area contributed by atoms with E-state index in [1.165, 1.54) is 0 Å². The lowest BCUT2D eigenvalue weighted by molar-refractivity contribution is -0.122. The van der Waals surface area contributed by atoms with Crippen molar-refractivity contribution >= 4 is 11.6 Å². The van der Waals surface area contributed by atoms with E-state index in [-0.39, 0.29) is 17.9 Å². The molecular formula is C14H15N3O. The van der Waals surface area contributed by atoms with Crippen molar-refractivity contribution in [3.63, 3.8) is 0 Å². The fraction of sp³-hybridized carbons (Fsp3) is 0.429. The molecule has 92 valence electrons. The van der Waals surface area contributed by atoms with Gasteiger partial charge in [0.2, 0.25) is 5.91 Å². The molecular weight excluding hydrogens is 226 g/mol. The number of benzene rings is 1. The minimum atomic E-state index is 0.115. The van der Waals surface area contributed by atoms with Gasteiger partial charge in [0.15, 0.2) is 0 Å². The molecule has 0 aromatic heterocycles. The molecule has 1 N–H and O–H groups in total. The number of amides is 1. The molecule has 1 aromatic carbocycles. The first-order valence-electron chi connectivity index (χ1n) is 6.34. The zero-order valence-electron chi connectivity index (χ0n) is 10.1. The Bertz CT molecular complexity index is 520. The van der Waals surface area contributed by atoms with Crippen molar-refractivity contribution < 1.29 is 4.79 Å². The van der Waals surface area contributed by atoms with Gasteiger partial charge in [-0.15, -0.1) is 0 Å². The van der Waals surface area contributed by atoms with E-state index in [1.54, 1.807) is 0 Å². The van der Waals surface area contributed by atoms with Crippen LogP contribution in [0.2, 0.25) is 0 Å². The molecule has 3 rings (SSSR count). The molecule has 18 heavy (non-hydrogen) atoms. The standard InChI is InChI=1S/C14H15N3O/c15-8-10-3-1-4-11(7-10)17-6-2-5-12-13(17)9-16-14(12)18/h1,3-4,7,12-13H,2,5-6,9H2,(H,16,18). The molecule has 4 nitrogen and oxygen atoms in total. The lowest BCUT2D eigenvalue weighted by atomic mass is 9.91. The highest BCUT2D eigenvalue weighted by Crippen LogP contribution is 2.31. The van der Waals surface area contributed by atoms with Crippen molar-refractivity contribution in [3.8, 4) is 6.07 Å². The number of fused-ring (bicyclic) bond motifs is 1. The first-order valence-corrected chi connectivity index (χ1v) is 6.34. The van der Waals surface area contributed by atoms with Crippen molar-refractivity contribution in [2.45, 2.75) is 18.9 Å². The van der Waals surface area contributed by atoms with Crippen LogP contribution in [-0.2, 0) is 4.79 Å². The molecule has 2 aliphatic rings. The van der Waals surface area contributed by atoms with E-state index < -0.39 is 0 Å². The van der Waals surface area contributed by atoms with Crippen LogP contribution in [0.15, 0.2) is 24.3 Å². The molecule has 0 aliphatic carbocycles. The van der Waals surface area contributed by atoms with E-state index in [1.807, 2.05) is 24.3 Å². The molecule has 0 spiro atoms. The number of piperidine rings is 1. The van der Waals surface area contributed by atoms with Crippen LogP contribution in [-0.4, -0.2) is 25.0 Å². The molecule has 4 heteroatoms. The Morgan fingerprint density at radius 2 is 2.33 bits per heavy atom. The fourth-order valence-corrected chi connectivity index (χ4v) is 3.03. The SMILES string of the molecule is N#Cc1cccc(N2CCCC3C(=O)NCC32)c1. The Hall–Kier alpha value is -2.02. The van der Waals surface area contributed by atoms with Crippen LogP contribution >= 0.6 is 0 Å². The summed E-state index contributed by atoms with van der Waals surface area (Å²) in [4.78, 5) is 14.0.